The van der Waals surface area contributed by atoms with Crippen molar-refractivity contribution in [1.29, 1.82) is 0 Å². The maximum atomic E-state index is 9.32. The van der Waals surface area contributed by atoms with Gasteiger partial charge in [-0.3, -0.25) is 4.98 Å². The summed E-state index contributed by atoms with van der Waals surface area (Å²) in [7, 11) is 1.58. The molecule has 0 aliphatic carbocycles. The minimum Gasteiger partial charge on any atom is -0.508 e. The van der Waals surface area contributed by atoms with Crippen molar-refractivity contribution < 1.29 is 14.6 Å². The van der Waals surface area contributed by atoms with E-state index in [2.05, 4.69) is 15.3 Å². The van der Waals surface area contributed by atoms with Gasteiger partial charge in [-0.1, -0.05) is 5.21 Å². The third-order valence-corrected chi connectivity index (χ3v) is 3.18. The number of phenolic OH excluding ortho intramolecular Hbond substituents is 1. The van der Waals surface area contributed by atoms with Crippen molar-refractivity contribution in [2.75, 3.05) is 13.9 Å². The van der Waals surface area contributed by atoms with Gasteiger partial charge in [0.05, 0.1) is 24.2 Å². The molecule has 0 bridgehead atoms. The first kappa shape index (κ1) is 15.1. The topological polar surface area (TPSA) is 82.3 Å². The van der Waals surface area contributed by atoms with Gasteiger partial charge in [-0.25, -0.2) is 4.68 Å². The molecule has 0 amide bonds. The summed E-state index contributed by atoms with van der Waals surface area (Å²) in [5.41, 5.74) is 3.22. The SMILES string of the molecule is COCOCc1ccc(-c2cn(-c3ccc(O)cc3)nn2)cn1. The second kappa shape index (κ2) is 6.99. The smallest absolute Gasteiger partial charge is 0.146 e. The van der Waals surface area contributed by atoms with E-state index in [1.807, 2.05) is 18.3 Å². The van der Waals surface area contributed by atoms with Crippen LogP contribution >= 0.6 is 0 Å². The lowest BCUT2D eigenvalue weighted by molar-refractivity contribution is -0.0400. The van der Waals surface area contributed by atoms with E-state index < -0.39 is 0 Å². The zero-order valence-electron chi connectivity index (χ0n) is 12.6. The van der Waals surface area contributed by atoms with Crippen molar-refractivity contribution >= 4 is 0 Å². The molecule has 7 heteroatoms. The molecule has 3 rings (SSSR count). The number of phenols is 1. The molecule has 1 aromatic carbocycles. The number of hydrogen-bond acceptors (Lipinski definition) is 6. The van der Waals surface area contributed by atoms with E-state index in [0.717, 1.165) is 22.6 Å². The molecular weight excluding hydrogens is 296 g/mol. The summed E-state index contributed by atoms with van der Waals surface area (Å²) in [5.74, 6) is 0.213. The van der Waals surface area contributed by atoms with Gasteiger partial charge < -0.3 is 14.6 Å². The first-order chi connectivity index (χ1) is 11.3. The molecule has 7 nitrogen and oxygen atoms in total. The van der Waals surface area contributed by atoms with Gasteiger partial charge in [0.15, 0.2) is 0 Å². The Hall–Kier alpha value is -2.77. The van der Waals surface area contributed by atoms with Gasteiger partial charge in [0.25, 0.3) is 0 Å². The van der Waals surface area contributed by atoms with Crippen molar-refractivity contribution in [3.8, 4) is 22.7 Å². The number of aromatic nitrogens is 4. The second-order valence-corrected chi connectivity index (χ2v) is 4.86. The highest BCUT2D eigenvalue weighted by Crippen LogP contribution is 2.18. The number of methoxy groups -OCH3 is 1. The molecule has 118 valence electrons. The highest BCUT2D eigenvalue weighted by Gasteiger charge is 2.06. The van der Waals surface area contributed by atoms with Crippen LogP contribution in [0, 0.1) is 0 Å². The standard InChI is InChI=1S/C16H16N4O3/c1-22-11-23-10-13-3-2-12(8-17-13)16-9-20(19-18-16)14-4-6-15(21)7-5-14/h2-9,21H,10-11H2,1H3. The molecule has 0 radical (unpaired) electrons. The number of hydrogen-bond donors (Lipinski definition) is 1. The molecule has 0 aliphatic rings. The number of nitrogens with zero attached hydrogens (tertiary/aromatic N) is 4. The van der Waals surface area contributed by atoms with Gasteiger partial charge >= 0.3 is 0 Å². The highest BCUT2D eigenvalue weighted by atomic mass is 16.7. The van der Waals surface area contributed by atoms with E-state index in [4.69, 9.17) is 9.47 Å². The van der Waals surface area contributed by atoms with Crippen LogP contribution in [0.15, 0.2) is 48.8 Å². The molecule has 0 saturated carbocycles. The van der Waals surface area contributed by atoms with E-state index in [-0.39, 0.29) is 12.5 Å². The summed E-state index contributed by atoms with van der Waals surface area (Å²) >= 11 is 0. The molecule has 0 spiro atoms. The van der Waals surface area contributed by atoms with Gasteiger partial charge in [0.1, 0.15) is 18.2 Å². The Labute approximate surface area is 133 Å². The van der Waals surface area contributed by atoms with Crippen molar-refractivity contribution in [2.45, 2.75) is 6.61 Å². The average molecular weight is 312 g/mol. The number of benzene rings is 1. The molecule has 0 unspecified atom stereocenters. The summed E-state index contributed by atoms with van der Waals surface area (Å²) in [5, 5.41) is 17.6. The summed E-state index contributed by atoms with van der Waals surface area (Å²) in [6.07, 6.45) is 3.54. The summed E-state index contributed by atoms with van der Waals surface area (Å²) in [4.78, 5) is 4.33. The third kappa shape index (κ3) is 3.71. The van der Waals surface area contributed by atoms with Crippen molar-refractivity contribution in [1.82, 2.24) is 20.0 Å². The molecule has 0 atom stereocenters. The van der Waals surface area contributed by atoms with E-state index in [9.17, 15) is 5.11 Å². The molecule has 3 aromatic rings. The van der Waals surface area contributed by atoms with Crippen molar-refractivity contribution in [2.24, 2.45) is 0 Å². The number of pyridine rings is 1. The predicted octanol–water partition coefficient (Wildman–Crippen LogP) is 2.16. The molecular formula is C16H16N4O3. The Kier molecular flexibility index (Phi) is 4.60. The minimum absolute atomic E-state index is 0.213. The van der Waals surface area contributed by atoms with E-state index in [1.165, 1.54) is 0 Å². The Morgan fingerprint density at radius 3 is 2.65 bits per heavy atom. The fraction of sp³-hybridized carbons (Fsp3) is 0.188. The third-order valence-electron chi connectivity index (χ3n) is 3.18. The van der Waals surface area contributed by atoms with Gasteiger partial charge in [-0.2, -0.15) is 0 Å². The summed E-state index contributed by atoms with van der Waals surface area (Å²) < 4.78 is 11.7. The maximum absolute atomic E-state index is 9.32. The Morgan fingerprint density at radius 2 is 1.96 bits per heavy atom. The monoisotopic (exact) mass is 312 g/mol. The largest absolute Gasteiger partial charge is 0.508 e. The molecule has 1 N–H and O–H groups in total. The number of aromatic hydroxyl groups is 1. The zero-order chi connectivity index (χ0) is 16.1. The van der Waals surface area contributed by atoms with Crippen LogP contribution in [0.4, 0.5) is 0 Å². The van der Waals surface area contributed by atoms with Gasteiger partial charge in [0.2, 0.25) is 0 Å². The van der Waals surface area contributed by atoms with Crippen LogP contribution in [-0.2, 0) is 16.1 Å². The van der Waals surface area contributed by atoms with Crippen LogP contribution in [-0.4, -0.2) is 39.0 Å². The number of ether oxygens (including phenoxy) is 2. The van der Waals surface area contributed by atoms with Gasteiger partial charge in [-0.15, -0.1) is 5.10 Å². The second-order valence-electron chi connectivity index (χ2n) is 4.86. The Bertz CT molecular complexity index is 754. The lowest BCUT2D eigenvalue weighted by atomic mass is 10.2. The summed E-state index contributed by atoms with van der Waals surface area (Å²) in [6, 6.07) is 10.5. The molecule has 23 heavy (non-hydrogen) atoms. The highest BCUT2D eigenvalue weighted by molar-refractivity contribution is 5.57. The van der Waals surface area contributed by atoms with Crippen molar-refractivity contribution in [3.63, 3.8) is 0 Å². The van der Waals surface area contributed by atoms with E-state index in [0.29, 0.717) is 6.61 Å². The van der Waals surface area contributed by atoms with E-state index in [1.54, 1.807) is 42.3 Å². The molecule has 0 fully saturated rings. The molecule has 0 aliphatic heterocycles. The van der Waals surface area contributed by atoms with Gasteiger partial charge in [0, 0.05) is 18.9 Å². The van der Waals surface area contributed by atoms with Crippen LogP contribution in [0.5, 0.6) is 5.75 Å². The molecule has 2 heterocycles. The minimum atomic E-state index is 0.213. The van der Waals surface area contributed by atoms with Crippen molar-refractivity contribution in [3.05, 3.63) is 54.5 Å². The average Bonchev–Trinajstić information content (AvgIpc) is 3.06. The lowest BCUT2D eigenvalue weighted by Gasteiger charge is -2.02. The predicted molar refractivity (Wildman–Crippen MR) is 82.9 cm³/mol. The van der Waals surface area contributed by atoms with Crippen LogP contribution in [0.25, 0.3) is 16.9 Å². The quantitative estimate of drug-likeness (QED) is 0.555. The van der Waals surface area contributed by atoms with E-state index >= 15 is 0 Å². The normalized spacial score (nSPS) is 10.8. The maximum Gasteiger partial charge on any atom is 0.146 e. The van der Waals surface area contributed by atoms with Crippen LogP contribution in [0.3, 0.4) is 0 Å². The first-order valence-corrected chi connectivity index (χ1v) is 7.00. The number of rotatable bonds is 6. The fourth-order valence-corrected chi connectivity index (χ4v) is 2.02. The fourth-order valence-electron chi connectivity index (χ4n) is 2.02. The Balaban J connectivity index is 1.73. The lowest BCUT2D eigenvalue weighted by Crippen LogP contribution is -1.98. The first-order valence-electron chi connectivity index (χ1n) is 7.00. The van der Waals surface area contributed by atoms with Crippen LogP contribution < -0.4 is 0 Å². The van der Waals surface area contributed by atoms with Crippen LogP contribution in [0.2, 0.25) is 0 Å². The molecule has 2 aromatic heterocycles. The Morgan fingerprint density at radius 1 is 1.13 bits per heavy atom. The van der Waals surface area contributed by atoms with Gasteiger partial charge in [-0.05, 0) is 36.4 Å². The van der Waals surface area contributed by atoms with Crippen LogP contribution in [0.1, 0.15) is 5.69 Å². The summed E-state index contributed by atoms with van der Waals surface area (Å²) in [6.45, 7) is 0.638. The molecule has 0 saturated heterocycles. The zero-order valence-corrected chi connectivity index (χ0v) is 12.6.